The highest BCUT2D eigenvalue weighted by Crippen LogP contribution is 2.21. The Hall–Kier alpha value is -2.79. The Morgan fingerprint density at radius 2 is 1.61 bits per heavy atom. The third kappa shape index (κ3) is 5.47. The number of para-hydroxylation sites is 1. The van der Waals surface area contributed by atoms with Crippen LogP contribution in [-0.2, 0) is 12.8 Å². The van der Waals surface area contributed by atoms with Crippen LogP contribution in [0.2, 0.25) is 0 Å². The van der Waals surface area contributed by atoms with Crippen LogP contribution in [-0.4, -0.2) is 54.5 Å². The Kier molecular flexibility index (Phi) is 7.26. The van der Waals surface area contributed by atoms with Crippen molar-refractivity contribution in [2.24, 2.45) is 0 Å². The minimum Gasteiger partial charge on any atom is -0.497 e. The van der Waals surface area contributed by atoms with Crippen molar-refractivity contribution < 1.29 is 4.74 Å². The molecule has 4 rings (SSSR count). The van der Waals surface area contributed by atoms with E-state index in [1.165, 1.54) is 17.1 Å². The summed E-state index contributed by atoms with van der Waals surface area (Å²) in [4.78, 5) is 5.06. The van der Waals surface area contributed by atoms with E-state index in [-0.39, 0.29) is 0 Å². The zero-order valence-electron chi connectivity index (χ0n) is 18.8. The molecule has 0 bridgehead atoms. The fraction of sp³-hybridized carbons (Fsp3) is 0.423. The maximum atomic E-state index is 5.27. The highest BCUT2D eigenvalue weighted by Gasteiger charge is 2.17. The molecule has 2 aromatic carbocycles. The van der Waals surface area contributed by atoms with Gasteiger partial charge in [0.1, 0.15) is 5.75 Å². The van der Waals surface area contributed by atoms with Gasteiger partial charge in [-0.25, -0.2) is 4.68 Å². The Labute approximate surface area is 186 Å². The van der Waals surface area contributed by atoms with Crippen LogP contribution in [0.4, 0.5) is 5.69 Å². The van der Waals surface area contributed by atoms with Crippen LogP contribution in [0.25, 0.3) is 5.69 Å². The molecule has 1 aliphatic rings. The monoisotopic (exact) mass is 418 g/mol. The van der Waals surface area contributed by atoms with Crippen LogP contribution in [0.5, 0.6) is 5.75 Å². The number of nitrogens with zero attached hydrogens (tertiary/aromatic N) is 4. The van der Waals surface area contributed by atoms with Gasteiger partial charge in [-0.05, 0) is 68.3 Å². The average Bonchev–Trinajstić information content (AvgIpc) is 3.23. The fourth-order valence-electron chi connectivity index (χ4n) is 4.33. The van der Waals surface area contributed by atoms with E-state index in [9.17, 15) is 0 Å². The van der Waals surface area contributed by atoms with Crippen LogP contribution in [0, 0.1) is 0 Å². The highest BCUT2D eigenvalue weighted by molar-refractivity contribution is 5.49. The van der Waals surface area contributed by atoms with Crippen LogP contribution in [0.15, 0.2) is 60.7 Å². The standard InChI is InChI=1S/C26H34N4O/c1-3-8-22-21-25(30(27-22)24-9-5-4-6-10-24)11-7-16-28-17-19-29(20-18-28)23-12-14-26(31-2)15-13-23/h4-6,9-10,12-15,21H,3,7-8,11,16-20H2,1-2H3. The summed E-state index contributed by atoms with van der Waals surface area (Å²) in [5.41, 5.74) is 4.98. The van der Waals surface area contributed by atoms with Crippen molar-refractivity contribution in [2.45, 2.75) is 32.6 Å². The van der Waals surface area contributed by atoms with E-state index < -0.39 is 0 Å². The molecule has 31 heavy (non-hydrogen) atoms. The summed E-state index contributed by atoms with van der Waals surface area (Å²) in [6, 6.07) is 21.2. The summed E-state index contributed by atoms with van der Waals surface area (Å²) in [5, 5.41) is 4.88. The van der Waals surface area contributed by atoms with E-state index in [0.717, 1.165) is 69.8 Å². The zero-order chi connectivity index (χ0) is 21.5. The quantitative estimate of drug-likeness (QED) is 0.509. The summed E-state index contributed by atoms with van der Waals surface area (Å²) < 4.78 is 7.42. The minimum atomic E-state index is 0.916. The van der Waals surface area contributed by atoms with Gasteiger partial charge in [0.05, 0.1) is 18.5 Å². The molecule has 0 spiro atoms. The largest absolute Gasteiger partial charge is 0.497 e. The van der Waals surface area contributed by atoms with Gasteiger partial charge in [0, 0.05) is 37.6 Å². The number of benzene rings is 2. The topological polar surface area (TPSA) is 33.5 Å². The van der Waals surface area contributed by atoms with Gasteiger partial charge in [-0.15, -0.1) is 0 Å². The second kappa shape index (κ2) is 10.5. The molecule has 164 valence electrons. The maximum Gasteiger partial charge on any atom is 0.119 e. The molecule has 2 heterocycles. The molecule has 0 unspecified atom stereocenters. The number of rotatable bonds is 9. The number of aromatic nitrogens is 2. The lowest BCUT2D eigenvalue weighted by Gasteiger charge is -2.36. The average molecular weight is 419 g/mol. The second-order valence-corrected chi connectivity index (χ2v) is 8.25. The first-order chi connectivity index (χ1) is 15.3. The summed E-state index contributed by atoms with van der Waals surface area (Å²) in [7, 11) is 1.71. The van der Waals surface area contributed by atoms with Crippen molar-refractivity contribution >= 4 is 5.69 Å². The molecule has 5 heteroatoms. The van der Waals surface area contributed by atoms with E-state index in [4.69, 9.17) is 9.84 Å². The number of hydrogen-bond donors (Lipinski definition) is 0. The third-order valence-corrected chi connectivity index (χ3v) is 6.06. The van der Waals surface area contributed by atoms with Crippen molar-refractivity contribution in [3.63, 3.8) is 0 Å². The first-order valence-electron chi connectivity index (χ1n) is 11.5. The van der Waals surface area contributed by atoms with Gasteiger partial charge in [0.25, 0.3) is 0 Å². The van der Waals surface area contributed by atoms with Gasteiger partial charge < -0.3 is 9.64 Å². The predicted molar refractivity (Wildman–Crippen MR) is 128 cm³/mol. The normalized spacial score (nSPS) is 14.7. The summed E-state index contributed by atoms with van der Waals surface area (Å²) in [6.07, 6.45) is 4.39. The number of ether oxygens (including phenoxy) is 1. The first kappa shape index (κ1) is 21.4. The van der Waals surface area contributed by atoms with Crippen molar-refractivity contribution in [1.29, 1.82) is 0 Å². The Morgan fingerprint density at radius 1 is 0.871 bits per heavy atom. The molecule has 0 N–H and O–H groups in total. The van der Waals surface area contributed by atoms with Crippen molar-refractivity contribution in [2.75, 3.05) is 44.7 Å². The molecule has 1 saturated heterocycles. The lowest BCUT2D eigenvalue weighted by atomic mass is 10.1. The highest BCUT2D eigenvalue weighted by atomic mass is 16.5. The number of aryl methyl sites for hydroxylation is 2. The molecular formula is C26H34N4O. The second-order valence-electron chi connectivity index (χ2n) is 8.25. The van der Waals surface area contributed by atoms with Gasteiger partial charge in [0.2, 0.25) is 0 Å². The van der Waals surface area contributed by atoms with E-state index in [2.05, 4.69) is 69.9 Å². The Morgan fingerprint density at radius 3 is 2.29 bits per heavy atom. The predicted octanol–water partition coefficient (Wildman–Crippen LogP) is 4.59. The molecule has 0 amide bonds. The van der Waals surface area contributed by atoms with Crippen LogP contribution < -0.4 is 9.64 Å². The van der Waals surface area contributed by atoms with Gasteiger partial charge >= 0.3 is 0 Å². The van der Waals surface area contributed by atoms with Crippen molar-refractivity contribution in [3.05, 3.63) is 72.1 Å². The number of anilines is 1. The molecule has 1 aromatic heterocycles. The zero-order valence-corrected chi connectivity index (χ0v) is 18.8. The summed E-state index contributed by atoms with van der Waals surface area (Å²) in [5.74, 6) is 0.916. The minimum absolute atomic E-state index is 0.916. The van der Waals surface area contributed by atoms with Crippen molar-refractivity contribution in [1.82, 2.24) is 14.7 Å². The van der Waals surface area contributed by atoms with Gasteiger partial charge in [-0.1, -0.05) is 31.5 Å². The maximum absolute atomic E-state index is 5.27. The van der Waals surface area contributed by atoms with E-state index in [0.29, 0.717) is 0 Å². The summed E-state index contributed by atoms with van der Waals surface area (Å²) >= 11 is 0. The lowest BCUT2D eigenvalue weighted by Crippen LogP contribution is -2.46. The molecule has 5 nitrogen and oxygen atoms in total. The molecule has 0 saturated carbocycles. The molecule has 0 atom stereocenters. The van der Waals surface area contributed by atoms with Gasteiger partial charge in [-0.2, -0.15) is 5.10 Å². The van der Waals surface area contributed by atoms with E-state index in [1.807, 2.05) is 12.1 Å². The molecular weight excluding hydrogens is 384 g/mol. The summed E-state index contributed by atoms with van der Waals surface area (Å²) in [6.45, 7) is 7.74. The first-order valence-corrected chi connectivity index (χ1v) is 11.5. The Bertz CT molecular complexity index is 928. The van der Waals surface area contributed by atoms with E-state index in [1.54, 1.807) is 7.11 Å². The number of piperazine rings is 1. The molecule has 0 radical (unpaired) electrons. The van der Waals surface area contributed by atoms with Crippen LogP contribution in [0.3, 0.4) is 0 Å². The lowest BCUT2D eigenvalue weighted by molar-refractivity contribution is 0.254. The Balaban J connectivity index is 1.30. The van der Waals surface area contributed by atoms with Gasteiger partial charge in [0.15, 0.2) is 0 Å². The van der Waals surface area contributed by atoms with E-state index >= 15 is 0 Å². The van der Waals surface area contributed by atoms with Gasteiger partial charge in [-0.3, -0.25) is 4.90 Å². The third-order valence-electron chi connectivity index (χ3n) is 6.06. The molecule has 1 aliphatic heterocycles. The molecule has 0 aliphatic carbocycles. The van der Waals surface area contributed by atoms with Crippen LogP contribution in [0.1, 0.15) is 31.2 Å². The smallest absolute Gasteiger partial charge is 0.119 e. The molecule has 1 fully saturated rings. The van der Waals surface area contributed by atoms with Crippen LogP contribution >= 0.6 is 0 Å². The molecule has 3 aromatic rings. The number of methoxy groups -OCH3 is 1. The number of hydrogen-bond acceptors (Lipinski definition) is 4. The SMILES string of the molecule is CCCc1cc(CCCN2CCN(c3ccc(OC)cc3)CC2)n(-c2ccccc2)n1. The van der Waals surface area contributed by atoms with Crippen molar-refractivity contribution in [3.8, 4) is 11.4 Å². The fourth-order valence-corrected chi connectivity index (χ4v) is 4.33.